The van der Waals surface area contributed by atoms with Gasteiger partial charge >= 0.3 is 6.18 Å². The average Bonchev–Trinajstić information content (AvgIpc) is 3.20. The zero-order valence-corrected chi connectivity index (χ0v) is 19.5. The molecule has 5 nitrogen and oxygen atoms in total. The number of nitrogens with two attached hydrogens (primary N) is 1. The van der Waals surface area contributed by atoms with Crippen LogP contribution < -0.4 is 11.1 Å². The largest absolute Gasteiger partial charge is 0.416 e. The SMILES string of the molecule is Nc1ccccc1NC(=O)c1ccc(CN2Cc3c(cccc3-c3ccc(C(F)(F)F)cc3)C2=O)cc1. The van der Waals surface area contributed by atoms with Gasteiger partial charge in [0.25, 0.3) is 11.8 Å². The summed E-state index contributed by atoms with van der Waals surface area (Å²) >= 11 is 0. The number of carbonyl (C=O) groups excluding carboxylic acids is 2. The number of benzene rings is 4. The second kappa shape index (κ2) is 9.46. The molecule has 0 unspecified atom stereocenters. The molecule has 37 heavy (non-hydrogen) atoms. The molecule has 4 aromatic rings. The molecular formula is C29H22F3N3O2. The summed E-state index contributed by atoms with van der Waals surface area (Å²) in [4.78, 5) is 27.3. The minimum absolute atomic E-state index is 0.148. The lowest BCUT2D eigenvalue weighted by Crippen LogP contribution is -2.23. The van der Waals surface area contributed by atoms with Crippen molar-refractivity contribution in [3.8, 4) is 11.1 Å². The summed E-state index contributed by atoms with van der Waals surface area (Å²) in [5.41, 5.74) is 10.1. The van der Waals surface area contributed by atoms with Crippen LogP contribution in [0.1, 0.15) is 37.4 Å². The highest BCUT2D eigenvalue weighted by molar-refractivity contribution is 6.05. The van der Waals surface area contributed by atoms with Gasteiger partial charge in [-0.1, -0.05) is 48.5 Å². The molecule has 0 bridgehead atoms. The Morgan fingerprint density at radius 2 is 1.54 bits per heavy atom. The monoisotopic (exact) mass is 501 g/mol. The van der Waals surface area contributed by atoms with E-state index in [0.29, 0.717) is 41.2 Å². The number of amides is 2. The van der Waals surface area contributed by atoms with E-state index in [2.05, 4.69) is 5.32 Å². The average molecular weight is 502 g/mol. The number of rotatable bonds is 5. The molecule has 0 saturated carbocycles. The molecule has 5 rings (SSSR count). The van der Waals surface area contributed by atoms with Crippen molar-refractivity contribution in [2.75, 3.05) is 11.1 Å². The summed E-state index contributed by atoms with van der Waals surface area (Å²) < 4.78 is 38.9. The molecule has 1 aliphatic heterocycles. The van der Waals surface area contributed by atoms with E-state index >= 15 is 0 Å². The van der Waals surface area contributed by atoms with Crippen LogP contribution >= 0.6 is 0 Å². The summed E-state index contributed by atoms with van der Waals surface area (Å²) in [6.07, 6.45) is -4.41. The molecule has 0 radical (unpaired) electrons. The van der Waals surface area contributed by atoms with E-state index in [1.807, 2.05) is 6.07 Å². The van der Waals surface area contributed by atoms with E-state index in [1.165, 1.54) is 12.1 Å². The fourth-order valence-electron chi connectivity index (χ4n) is 4.41. The Balaban J connectivity index is 1.30. The minimum atomic E-state index is -4.41. The third kappa shape index (κ3) is 4.91. The first kappa shape index (κ1) is 24.1. The second-order valence-electron chi connectivity index (χ2n) is 8.81. The highest BCUT2D eigenvalue weighted by Gasteiger charge is 2.31. The number of alkyl halides is 3. The Morgan fingerprint density at radius 1 is 0.865 bits per heavy atom. The standard InChI is InChI=1S/C29H22F3N3O2/c30-29(31,32)21-14-12-19(13-15-21)22-4-3-5-23-24(22)17-35(28(23)37)16-18-8-10-20(11-9-18)27(36)34-26-7-2-1-6-25(26)33/h1-15H,16-17,33H2,(H,34,36). The Bertz CT molecular complexity index is 1480. The van der Waals surface area contributed by atoms with Gasteiger partial charge in [0.05, 0.1) is 16.9 Å². The number of nitrogens with one attached hydrogen (secondary N) is 1. The van der Waals surface area contributed by atoms with Gasteiger partial charge in [0.1, 0.15) is 0 Å². The highest BCUT2D eigenvalue weighted by Crippen LogP contribution is 2.35. The van der Waals surface area contributed by atoms with Crippen molar-refractivity contribution in [3.63, 3.8) is 0 Å². The van der Waals surface area contributed by atoms with E-state index in [4.69, 9.17) is 5.73 Å². The van der Waals surface area contributed by atoms with Gasteiger partial charge in [-0.15, -0.1) is 0 Å². The predicted molar refractivity (Wildman–Crippen MR) is 136 cm³/mol. The van der Waals surface area contributed by atoms with Gasteiger partial charge in [0.2, 0.25) is 0 Å². The van der Waals surface area contributed by atoms with Gasteiger partial charge in [0.15, 0.2) is 0 Å². The van der Waals surface area contributed by atoms with Gasteiger partial charge in [-0.25, -0.2) is 0 Å². The fraction of sp³-hybridized carbons (Fsp3) is 0.103. The number of hydrogen-bond donors (Lipinski definition) is 2. The Hall–Kier alpha value is -4.59. The predicted octanol–water partition coefficient (Wildman–Crippen LogP) is 6.36. The summed E-state index contributed by atoms with van der Waals surface area (Å²) in [6, 6.07) is 24.2. The van der Waals surface area contributed by atoms with Crippen LogP contribution in [-0.4, -0.2) is 16.7 Å². The van der Waals surface area contributed by atoms with Crippen molar-refractivity contribution in [1.82, 2.24) is 4.90 Å². The third-order valence-corrected chi connectivity index (χ3v) is 6.36. The quantitative estimate of drug-likeness (QED) is 0.313. The van der Waals surface area contributed by atoms with Crippen LogP contribution in [0.2, 0.25) is 0 Å². The number of para-hydroxylation sites is 2. The van der Waals surface area contributed by atoms with Crippen LogP contribution in [0, 0.1) is 0 Å². The number of fused-ring (bicyclic) bond motifs is 1. The van der Waals surface area contributed by atoms with Crippen LogP contribution in [0.3, 0.4) is 0 Å². The van der Waals surface area contributed by atoms with Crippen molar-refractivity contribution >= 4 is 23.2 Å². The van der Waals surface area contributed by atoms with E-state index < -0.39 is 11.7 Å². The lowest BCUT2D eigenvalue weighted by atomic mass is 9.96. The molecule has 1 heterocycles. The summed E-state index contributed by atoms with van der Waals surface area (Å²) in [6.45, 7) is 0.661. The Morgan fingerprint density at radius 3 is 2.22 bits per heavy atom. The van der Waals surface area contributed by atoms with Crippen LogP contribution in [0.5, 0.6) is 0 Å². The van der Waals surface area contributed by atoms with Crippen LogP contribution in [-0.2, 0) is 19.3 Å². The lowest BCUT2D eigenvalue weighted by molar-refractivity contribution is -0.137. The molecule has 3 N–H and O–H groups in total. The van der Waals surface area contributed by atoms with E-state index in [1.54, 1.807) is 65.6 Å². The van der Waals surface area contributed by atoms with Crippen LogP contribution in [0.4, 0.5) is 24.5 Å². The second-order valence-corrected chi connectivity index (χ2v) is 8.81. The van der Waals surface area contributed by atoms with Crippen LogP contribution in [0.25, 0.3) is 11.1 Å². The van der Waals surface area contributed by atoms with Gasteiger partial charge in [0, 0.05) is 24.2 Å². The number of anilines is 2. The molecule has 186 valence electrons. The molecular weight excluding hydrogens is 479 g/mol. The first-order valence-electron chi connectivity index (χ1n) is 11.5. The summed E-state index contributed by atoms with van der Waals surface area (Å²) in [5, 5.41) is 2.78. The molecule has 0 fully saturated rings. The molecule has 0 aliphatic carbocycles. The maximum absolute atomic E-state index is 13.1. The molecule has 0 aromatic heterocycles. The first-order valence-corrected chi connectivity index (χ1v) is 11.5. The van der Waals surface area contributed by atoms with Crippen molar-refractivity contribution < 1.29 is 22.8 Å². The number of nitrogen functional groups attached to an aromatic ring is 1. The summed E-state index contributed by atoms with van der Waals surface area (Å²) in [5.74, 6) is -0.444. The van der Waals surface area contributed by atoms with Crippen molar-refractivity contribution in [1.29, 1.82) is 0 Å². The topological polar surface area (TPSA) is 75.4 Å². The van der Waals surface area contributed by atoms with E-state index in [0.717, 1.165) is 28.8 Å². The van der Waals surface area contributed by atoms with Crippen LogP contribution in [0.15, 0.2) is 91.0 Å². The van der Waals surface area contributed by atoms with Crippen molar-refractivity contribution in [3.05, 3.63) is 119 Å². The molecule has 0 atom stereocenters. The molecule has 0 saturated heterocycles. The highest BCUT2D eigenvalue weighted by atomic mass is 19.4. The number of halogens is 3. The van der Waals surface area contributed by atoms with Gasteiger partial charge in [-0.2, -0.15) is 13.2 Å². The molecule has 1 aliphatic rings. The molecule has 0 spiro atoms. The number of carbonyl (C=O) groups is 2. The maximum Gasteiger partial charge on any atom is 0.416 e. The van der Waals surface area contributed by atoms with Crippen molar-refractivity contribution in [2.45, 2.75) is 19.3 Å². The minimum Gasteiger partial charge on any atom is -0.397 e. The third-order valence-electron chi connectivity index (χ3n) is 6.36. The Labute approximate surface area is 211 Å². The van der Waals surface area contributed by atoms with Gasteiger partial charge in [-0.3, -0.25) is 9.59 Å². The smallest absolute Gasteiger partial charge is 0.397 e. The maximum atomic E-state index is 13.1. The van der Waals surface area contributed by atoms with E-state index in [-0.39, 0.29) is 11.8 Å². The zero-order chi connectivity index (χ0) is 26.2. The number of nitrogens with zero attached hydrogens (tertiary/aromatic N) is 1. The first-order chi connectivity index (χ1) is 17.7. The summed E-state index contributed by atoms with van der Waals surface area (Å²) in [7, 11) is 0. The molecule has 8 heteroatoms. The normalized spacial score (nSPS) is 12.9. The molecule has 4 aromatic carbocycles. The lowest BCUT2D eigenvalue weighted by Gasteiger charge is -2.16. The Kier molecular flexibility index (Phi) is 6.17. The molecule has 2 amide bonds. The zero-order valence-electron chi connectivity index (χ0n) is 19.5. The van der Waals surface area contributed by atoms with Crippen molar-refractivity contribution in [2.24, 2.45) is 0 Å². The van der Waals surface area contributed by atoms with Gasteiger partial charge < -0.3 is 16.0 Å². The van der Waals surface area contributed by atoms with Gasteiger partial charge in [-0.05, 0) is 64.7 Å². The fourth-order valence-corrected chi connectivity index (χ4v) is 4.41. The number of hydrogen-bond acceptors (Lipinski definition) is 3. The van der Waals surface area contributed by atoms with E-state index in [9.17, 15) is 22.8 Å².